The molecule has 4 heteroatoms. The molecule has 1 aliphatic heterocycles. The molecular formula is C11H26N4. The summed E-state index contributed by atoms with van der Waals surface area (Å²) in [4.78, 5) is 2.14. The van der Waals surface area contributed by atoms with Crippen molar-refractivity contribution in [2.45, 2.75) is 38.9 Å². The van der Waals surface area contributed by atoms with Gasteiger partial charge in [0.15, 0.2) is 0 Å². The van der Waals surface area contributed by atoms with E-state index in [0.717, 1.165) is 26.1 Å². The molecule has 90 valence electrons. The summed E-state index contributed by atoms with van der Waals surface area (Å²) in [7, 11) is 4.14. The molecule has 1 unspecified atom stereocenters. The van der Waals surface area contributed by atoms with Crippen molar-refractivity contribution in [2.24, 2.45) is 5.73 Å². The fourth-order valence-corrected chi connectivity index (χ4v) is 2.38. The van der Waals surface area contributed by atoms with E-state index in [2.05, 4.69) is 42.9 Å². The third kappa shape index (κ3) is 2.50. The maximum Gasteiger partial charge on any atom is 0.138 e. The van der Waals surface area contributed by atoms with E-state index in [4.69, 9.17) is 5.73 Å². The third-order valence-electron chi connectivity index (χ3n) is 3.46. The van der Waals surface area contributed by atoms with Gasteiger partial charge >= 0.3 is 0 Å². The van der Waals surface area contributed by atoms with Gasteiger partial charge in [0.2, 0.25) is 0 Å². The summed E-state index contributed by atoms with van der Waals surface area (Å²) in [6, 6.07) is 0. The second-order valence-electron chi connectivity index (χ2n) is 4.49. The lowest BCUT2D eigenvalue weighted by Gasteiger charge is -2.52. The van der Waals surface area contributed by atoms with Crippen LogP contribution in [-0.4, -0.2) is 54.4 Å². The number of hydrazine groups is 1. The molecule has 0 saturated carbocycles. The summed E-state index contributed by atoms with van der Waals surface area (Å²) in [6.45, 7) is 7.52. The van der Waals surface area contributed by atoms with Crippen molar-refractivity contribution >= 4 is 0 Å². The lowest BCUT2D eigenvalue weighted by atomic mass is 10.0. The van der Waals surface area contributed by atoms with Crippen molar-refractivity contribution in [1.29, 1.82) is 0 Å². The molecule has 1 saturated heterocycles. The molecule has 15 heavy (non-hydrogen) atoms. The molecule has 2 N–H and O–H groups in total. The molecule has 0 spiro atoms. The van der Waals surface area contributed by atoms with Gasteiger partial charge in [-0.15, -0.1) is 0 Å². The van der Waals surface area contributed by atoms with Gasteiger partial charge in [-0.1, -0.05) is 13.8 Å². The summed E-state index contributed by atoms with van der Waals surface area (Å²) in [5.74, 6) is -0.287. The van der Waals surface area contributed by atoms with E-state index in [1.807, 2.05) is 0 Å². The Kier molecular flexibility index (Phi) is 4.52. The van der Waals surface area contributed by atoms with Gasteiger partial charge in [0.05, 0.1) is 0 Å². The number of hydrogen-bond acceptors (Lipinski definition) is 4. The maximum atomic E-state index is 6.51. The Labute approximate surface area is 94.0 Å². The zero-order valence-corrected chi connectivity index (χ0v) is 10.7. The smallest absolute Gasteiger partial charge is 0.138 e. The predicted molar refractivity (Wildman–Crippen MR) is 64.1 cm³/mol. The minimum atomic E-state index is -0.287. The number of hydrogen-bond donors (Lipinski definition) is 1. The largest absolute Gasteiger partial charge is 0.300 e. The molecule has 0 radical (unpaired) electrons. The summed E-state index contributed by atoms with van der Waals surface area (Å²) < 4.78 is 0. The second-order valence-corrected chi connectivity index (χ2v) is 4.49. The number of nitrogens with two attached hydrogens (primary N) is 1. The standard InChI is InChI=1S/C11H26N4/c1-5-14(6-2)15-10-8-7-9-11(15,12)13(3)4/h5-10,12H2,1-4H3. The van der Waals surface area contributed by atoms with Crippen LogP contribution in [0.1, 0.15) is 33.1 Å². The average molecular weight is 214 g/mol. The highest BCUT2D eigenvalue weighted by Gasteiger charge is 2.39. The van der Waals surface area contributed by atoms with Crippen LogP contribution in [0.4, 0.5) is 0 Å². The van der Waals surface area contributed by atoms with Crippen LogP contribution in [-0.2, 0) is 0 Å². The van der Waals surface area contributed by atoms with Gasteiger partial charge < -0.3 is 0 Å². The van der Waals surface area contributed by atoms with Crippen LogP contribution >= 0.6 is 0 Å². The fourth-order valence-electron chi connectivity index (χ4n) is 2.38. The molecule has 0 bridgehead atoms. The van der Waals surface area contributed by atoms with Crippen molar-refractivity contribution in [3.05, 3.63) is 0 Å². The van der Waals surface area contributed by atoms with Crippen LogP contribution in [0.3, 0.4) is 0 Å². The quantitative estimate of drug-likeness (QED) is 0.706. The van der Waals surface area contributed by atoms with E-state index in [9.17, 15) is 0 Å². The highest BCUT2D eigenvalue weighted by molar-refractivity contribution is 4.84. The van der Waals surface area contributed by atoms with E-state index >= 15 is 0 Å². The first-order valence-corrected chi connectivity index (χ1v) is 6.05. The Balaban J connectivity index is 2.81. The zero-order chi connectivity index (χ0) is 11.5. The Hall–Kier alpha value is -0.160. The average Bonchev–Trinajstić information content (AvgIpc) is 2.22. The molecule has 0 aromatic rings. The Morgan fingerprint density at radius 1 is 1.20 bits per heavy atom. The molecule has 0 aromatic carbocycles. The van der Waals surface area contributed by atoms with Gasteiger partial charge in [-0.3, -0.25) is 10.6 Å². The third-order valence-corrected chi connectivity index (χ3v) is 3.46. The van der Waals surface area contributed by atoms with E-state index in [0.29, 0.717) is 0 Å². The van der Waals surface area contributed by atoms with Gasteiger partial charge in [-0.25, -0.2) is 10.0 Å². The first kappa shape index (κ1) is 12.9. The Bertz CT molecular complexity index is 191. The molecule has 4 nitrogen and oxygen atoms in total. The Morgan fingerprint density at radius 2 is 1.80 bits per heavy atom. The lowest BCUT2D eigenvalue weighted by Crippen LogP contribution is -2.70. The van der Waals surface area contributed by atoms with Crippen LogP contribution in [0, 0.1) is 0 Å². The van der Waals surface area contributed by atoms with Gasteiger partial charge in [0.25, 0.3) is 0 Å². The van der Waals surface area contributed by atoms with E-state index in [1.165, 1.54) is 12.8 Å². The molecule has 0 aliphatic carbocycles. The Morgan fingerprint density at radius 3 is 2.27 bits per heavy atom. The zero-order valence-electron chi connectivity index (χ0n) is 10.7. The van der Waals surface area contributed by atoms with Crippen molar-refractivity contribution in [1.82, 2.24) is 14.9 Å². The minimum absolute atomic E-state index is 0.287. The fraction of sp³-hybridized carbons (Fsp3) is 1.00. The van der Waals surface area contributed by atoms with E-state index in [-0.39, 0.29) is 5.79 Å². The van der Waals surface area contributed by atoms with Crippen molar-refractivity contribution in [3.8, 4) is 0 Å². The highest BCUT2D eigenvalue weighted by Crippen LogP contribution is 2.26. The molecule has 1 fully saturated rings. The summed E-state index contributed by atoms with van der Waals surface area (Å²) in [5.41, 5.74) is 6.51. The maximum absolute atomic E-state index is 6.51. The molecular weight excluding hydrogens is 188 g/mol. The SMILES string of the molecule is CCN(CC)N1CCCCC1(N)N(C)C. The summed E-state index contributed by atoms with van der Waals surface area (Å²) in [5, 5.41) is 4.69. The van der Waals surface area contributed by atoms with Gasteiger partial charge in [0.1, 0.15) is 5.79 Å². The molecule has 1 atom stereocenters. The molecule has 0 amide bonds. The second kappa shape index (κ2) is 5.25. The minimum Gasteiger partial charge on any atom is -0.300 e. The number of nitrogens with zero attached hydrogens (tertiary/aromatic N) is 3. The van der Waals surface area contributed by atoms with Gasteiger partial charge in [0, 0.05) is 19.6 Å². The first-order chi connectivity index (χ1) is 7.06. The van der Waals surface area contributed by atoms with Crippen molar-refractivity contribution in [3.63, 3.8) is 0 Å². The first-order valence-electron chi connectivity index (χ1n) is 6.05. The monoisotopic (exact) mass is 214 g/mol. The van der Waals surface area contributed by atoms with Crippen LogP contribution < -0.4 is 5.73 Å². The predicted octanol–water partition coefficient (Wildman–Crippen LogP) is 0.903. The number of piperidine rings is 1. The van der Waals surface area contributed by atoms with Crippen LogP contribution in [0.25, 0.3) is 0 Å². The molecule has 0 aromatic heterocycles. The van der Waals surface area contributed by atoms with Crippen molar-refractivity contribution < 1.29 is 0 Å². The van der Waals surface area contributed by atoms with Gasteiger partial charge in [-0.2, -0.15) is 0 Å². The van der Waals surface area contributed by atoms with Crippen LogP contribution in [0.15, 0.2) is 0 Å². The van der Waals surface area contributed by atoms with Crippen LogP contribution in [0.5, 0.6) is 0 Å². The summed E-state index contributed by atoms with van der Waals surface area (Å²) in [6.07, 6.45) is 3.53. The van der Waals surface area contributed by atoms with Crippen molar-refractivity contribution in [2.75, 3.05) is 33.7 Å². The normalized spacial score (nSPS) is 29.0. The highest BCUT2D eigenvalue weighted by atomic mass is 15.7. The van der Waals surface area contributed by atoms with E-state index in [1.54, 1.807) is 0 Å². The molecule has 1 rings (SSSR count). The lowest BCUT2D eigenvalue weighted by molar-refractivity contribution is -0.179. The topological polar surface area (TPSA) is 35.7 Å². The molecule has 1 heterocycles. The number of rotatable bonds is 4. The molecule has 1 aliphatic rings. The van der Waals surface area contributed by atoms with Gasteiger partial charge in [-0.05, 0) is 33.4 Å². The van der Waals surface area contributed by atoms with E-state index < -0.39 is 0 Å². The van der Waals surface area contributed by atoms with Crippen LogP contribution in [0.2, 0.25) is 0 Å². The summed E-state index contributed by atoms with van der Waals surface area (Å²) >= 11 is 0.